The van der Waals surface area contributed by atoms with Gasteiger partial charge in [-0.25, -0.2) is 9.18 Å². The number of cyclic esters (lactones) is 1. The number of piperidine rings is 1. The minimum atomic E-state index is -0.493. The number of benzene rings is 2. The van der Waals surface area contributed by atoms with Crippen molar-refractivity contribution >= 4 is 23.2 Å². The summed E-state index contributed by atoms with van der Waals surface area (Å²) in [6, 6.07) is 11.3. The van der Waals surface area contributed by atoms with Crippen LogP contribution in [0, 0.1) is 15.9 Å². The molecule has 8 nitrogen and oxygen atoms in total. The van der Waals surface area contributed by atoms with Crippen LogP contribution in [0.1, 0.15) is 18.4 Å². The second kappa shape index (κ2) is 8.66. The normalized spacial score (nSPS) is 17.8. The lowest BCUT2D eigenvalue weighted by Gasteiger charge is -2.33. The number of nitrogens with zero attached hydrogens (tertiary/aromatic N) is 3. The molecule has 0 unspecified atom stereocenters. The number of non-ortho nitro benzene ring substituents is 1. The Bertz CT molecular complexity index is 929. The highest BCUT2D eigenvalue weighted by Crippen LogP contribution is 2.33. The molecule has 0 bridgehead atoms. The van der Waals surface area contributed by atoms with Crippen molar-refractivity contribution in [2.45, 2.75) is 25.4 Å². The minimum Gasteiger partial charge on any atom is -0.447 e. The number of hydrogen-bond donors (Lipinski definition) is 1. The number of halogens is 1. The van der Waals surface area contributed by atoms with Crippen LogP contribution in [0.25, 0.3) is 0 Å². The van der Waals surface area contributed by atoms with Crippen molar-refractivity contribution in [1.82, 2.24) is 4.90 Å². The number of ether oxygens (including phenoxy) is 1. The predicted octanol–water partition coefficient (Wildman–Crippen LogP) is 3.77. The molecular weight excluding hydrogens is 391 g/mol. The molecule has 0 saturated carbocycles. The standard InChI is InChI=1S/C21H23FN4O4/c22-16-3-1-15(2-4-16)14-24-9-7-17(8-10-24)23-19-6-5-18(26(28)29)13-20(19)25-11-12-30-21(25)27/h1-6,13,17,23H,7-12,14H2. The Hall–Kier alpha value is -3.20. The molecule has 2 aromatic carbocycles. The van der Waals surface area contributed by atoms with Gasteiger partial charge in [0, 0.05) is 37.8 Å². The quantitative estimate of drug-likeness (QED) is 0.572. The summed E-state index contributed by atoms with van der Waals surface area (Å²) in [6.45, 7) is 3.16. The van der Waals surface area contributed by atoms with E-state index in [0.29, 0.717) is 17.9 Å². The summed E-state index contributed by atoms with van der Waals surface area (Å²) in [5.74, 6) is -0.234. The Morgan fingerprint density at radius 3 is 2.50 bits per heavy atom. The van der Waals surface area contributed by atoms with Gasteiger partial charge in [0.05, 0.1) is 22.8 Å². The number of nitrogens with one attached hydrogen (secondary N) is 1. The minimum absolute atomic E-state index is 0.0654. The maximum absolute atomic E-state index is 13.1. The van der Waals surface area contributed by atoms with Crippen molar-refractivity contribution in [2.24, 2.45) is 0 Å². The topological polar surface area (TPSA) is 87.9 Å². The molecule has 0 aromatic heterocycles. The zero-order chi connectivity index (χ0) is 21.1. The lowest BCUT2D eigenvalue weighted by atomic mass is 10.0. The molecular formula is C21H23FN4O4. The summed E-state index contributed by atoms with van der Waals surface area (Å²) in [5.41, 5.74) is 2.18. The van der Waals surface area contributed by atoms with Crippen LogP contribution in [-0.4, -0.2) is 48.2 Å². The number of amides is 1. The van der Waals surface area contributed by atoms with Crippen molar-refractivity contribution in [3.8, 4) is 0 Å². The third-order valence-electron chi connectivity index (χ3n) is 5.51. The maximum Gasteiger partial charge on any atom is 0.414 e. The molecule has 1 amide bonds. The Morgan fingerprint density at radius 2 is 1.87 bits per heavy atom. The number of rotatable bonds is 6. The zero-order valence-electron chi connectivity index (χ0n) is 16.4. The van der Waals surface area contributed by atoms with Crippen LogP contribution < -0.4 is 10.2 Å². The van der Waals surface area contributed by atoms with E-state index in [1.54, 1.807) is 18.2 Å². The van der Waals surface area contributed by atoms with E-state index in [1.807, 2.05) is 0 Å². The van der Waals surface area contributed by atoms with Crippen molar-refractivity contribution < 1.29 is 18.8 Å². The molecule has 0 atom stereocenters. The lowest BCUT2D eigenvalue weighted by molar-refractivity contribution is -0.384. The van der Waals surface area contributed by atoms with Gasteiger partial charge in [-0.15, -0.1) is 0 Å². The highest BCUT2D eigenvalue weighted by molar-refractivity contribution is 5.94. The molecule has 2 aromatic rings. The molecule has 0 aliphatic carbocycles. The second-order valence-electron chi connectivity index (χ2n) is 7.55. The first-order chi connectivity index (χ1) is 14.5. The number of carbonyl (C=O) groups is 1. The van der Waals surface area contributed by atoms with Crippen LogP contribution in [-0.2, 0) is 11.3 Å². The number of carbonyl (C=O) groups excluding carboxylic acids is 1. The molecule has 0 spiro atoms. The van der Waals surface area contributed by atoms with E-state index in [9.17, 15) is 19.3 Å². The number of likely N-dealkylation sites (tertiary alicyclic amines) is 1. The zero-order valence-corrected chi connectivity index (χ0v) is 16.4. The summed E-state index contributed by atoms with van der Waals surface area (Å²) in [6.07, 6.45) is 1.29. The Morgan fingerprint density at radius 1 is 1.13 bits per heavy atom. The van der Waals surface area contributed by atoms with Gasteiger partial charge in [-0.1, -0.05) is 12.1 Å². The Balaban J connectivity index is 1.41. The molecule has 1 N–H and O–H groups in total. The van der Waals surface area contributed by atoms with E-state index < -0.39 is 11.0 Å². The van der Waals surface area contributed by atoms with Gasteiger partial charge >= 0.3 is 6.09 Å². The summed E-state index contributed by atoms with van der Waals surface area (Å²) in [5, 5.41) is 14.6. The van der Waals surface area contributed by atoms with Crippen molar-refractivity contribution in [2.75, 3.05) is 36.5 Å². The van der Waals surface area contributed by atoms with E-state index in [4.69, 9.17) is 4.74 Å². The van der Waals surface area contributed by atoms with Crippen molar-refractivity contribution in [3.05, 3.63) is 64.0 Å². The SMILES string of the molecule is O=C1OCCN1c1cc([N+](=O)[O-])ccc1NC1CCN(Cc2ccc(F)cc2)CC1. The van der Waals surface area contributed by atoms with E-state index in [-0.39, 0.29) is 24.2 Å². The van der Waals surface area contributed by atoms with Gasteiger partial charge in [0.2, 0.25) is 0 Å². The highest BCUT2D eigenvalue weighted by Gasteiger charge is 2.29. The van der Waals surface area contributed by atoms with E-state index in [2.05, 4.69) is 10.2 Å². The van der Waals surface area contributed by atoms with E-state index in [1.165, 1.54) is 29.2 Å². The fourth-order valence-corrected chi connectivity index (χ4v) is 3.89. The predicted molar refractivity (Wildman–Crippen MR) is 110 cm³/mol. The second-order valence-corrected chi connectivity index (χ2v) is 7.55. The van der Waals surface area contributed by atoms with Crippen molar-refractivity contribution in [1.29, 1.82) is 0 Å². The van der Waals surface area contributed by atoms with Crippen LogP contribution in [0.2, 0.25) is 0 Å². The monoisotopic (exact) mass is 414 g/mol. The van der Waals surface area contributed by atoms with Gasteiger partial charge in [-0.3, -0.25) is 19.9 Å². The van der Waals surface area contributed by atoms with Crippen molar-refractivity contribution in [3.63, 3.8) is 0 Å². The molecule has 2 heterocycles. The maximum atomic E-state index is 13.1. The number of hydrogen-bond acceptors (Lipinski definition) is 6. The largest absolute Gasteiger partial charge is 0.447 e. The molecule has 2 aliphatic heterocycles. The fourth-order valence-electron chi connectivity index (χ4n) is 3.89. The Kier molecular flexibility index (Phi) is 5.80. The summed E-state index contributed by atoms with van der Waals surface area (Å²) < 4.78 is 18.1. The van der Waals surface area contributed by atoms with Gasteiger partial charge in [0.1, 0.15) is 12.4 Å². The van der Waals surface area contributed by atoms with Gasteiger partial charge in [0.25, 0.3) is 5.69 Å². The van der Waals surface area contributed by atoms with Crippen LogP contribution in [0.4, 0.5) is 26.2 Å². The first-order valence-electron chi connectivity index (χ1n) is 9.95. The molecule has 2 saturated heterocycles. The summed E-state index contributed by atoms with van der Waals surface area (Å²) >= 11 is 0. The summed E-state index contributed by atoms with van der Waals surface area (Å²) in [4.78, 5) is 26.5. The smallest absolute Gasteiger partial charge is 0.414 e. The molecule has 0 radical (unpaired) electrons. The van der Waals surface area contributed by atoms with Gasteiger partial charge in [-0.05, 0) is 36.6 Å². The lowest BCUT2D eigenvalue weighted by Crippen LogP contribution is -2.39. The average molecular weight is 414 g/mol. The van der Waals surface area contributed by atoms with Gasteiger partial charge in [0.15, 0.2) is 0 Å². The average Bonchev–Trinajstić information content (AvgIpc) is 3.17. The van der Waals surface area contributed by atoms with Crippen LogP contribution >= 0.6 is 0 Å². The van der Waals surface area contributed by atoms with Crippen LogP contribution in [0.3, 0.4) is 0 Å². The number of nitro benzene ring substituents is 1. The van der Waals surface area contributed by atoms with E-state index in [0.717, 1.165) is 38.0 Å². The molecule has 2 aliphatic rings. The van der Waals surface area contributed by atoms with Gasteiger partial charge in [-0.2, -0.15) is 0 Å². The summed E-state index contributed by atoms with van der Waals surface area (Å²) in [7, 11) is 0. The fraction of sp³-hybridized carbons (Fsp3) is 0.381. The number of anilines is 2. The molecule has 9 heteroatoms. The molecule has 4 rings (SSSR count). The molecule has 2 fully saturated rings. The van der Waals surface area contributed by atoms with E-state index >= 15 is 0 Å². The van der Waals surface area contributed by atoms with Crippen LogP contribution in [0.15, 0.2) is 42.5 Å². The molecule has 158 valence electrons. The van der Waals surface area contributed by atoms with Crippen LogP contribution in [0.5, 0.6) is 0 Å². The molecule has 30 heavy (non-hydrogen) atoms. The first-order valence-corrected chi connectivity index (χ1v) is 9.95. The number of nitro groups is 1. The highest BCUT2D eigenvalue weighted by atomic mass is 19.1. The van der Waals surface area contributed by atoms with Gasteiger partial charge < -0.3 is 10.1 Å². The first kappa shape index (κ1) is 20.1. The Labute approximate surface area is 173 Å². The third kappa shape index (κ3) is 4.51. The third-order valence-corrected chi connectivity index (χ3v) is 5.51.